The van der Waals surface area contributed by atoms with E-state index in [2.05, 4.69) is 26.5 Å². The van der Waals surface area contributed by atoms with E-state index in [4.69, 9.17) is 0 Å². The number of rotatable bonds is 6. The Balaban J connectivity index is 1.48. The number of halogens is 3. The number of aromatic nitrogens is 5. The summed E-state index contributed by atoms with van der Waals surface area (Å²) in [6.45, 7) is 5.25. The summed E-state index contributed by atoms with van der Waals surface area (Å²) in [6, 6.07) is 4.29. The Bertz CT molecular complexity index is 1870. The number of amides is 1. The van der Waals surface area contributed by atoms with Gasteiger partial charge in [-0.2, -0.15) is 4.98 Å². The molecule has 10 nitrogen and oxygen atoms in total. The average molecular weight is 604 g/mol. The first-order chi connectivity index (χ1) is 21.1. The Morgan fingerprint density at radius 1 is 1.02 bits per heavy atom. The van der Waals surface area contributed by atoms with Crippen LogP contribution in [0.4, 0.5) is 19.0 Å². The van der Waals surface area contributed by atoms with Crippen LogP contribution in [0.15, 0.2) is 47.8 Å². The standard InChI is InChI=1S/C31H28F3N7O3/c1-15-13-39(30(43)16(2)32)10-11-40(15)28-19-12-21(34)26(23-20(33)4-3-5-22(23)42)37-29(19)41(31(44)38-28)27-24(17-6-7-17)35-14-36-25(27)18-8-9-18/h3-5,12,14-15,17-18,42H,2,6-11,13H2,1H3/t15-/m0/s1. The van der Waals surface area contributed by atoms with Crippen molar-refractivity contribution in [3.05, 3.63) is 76.5 Å². The highest BCUT2D eigenvalue weighted by Gasteiger charge is 2.37. The van der Waals surface area contributed by atoms with E-state index in [1.54, 1.807) is 11.8 Å². The van der Waals surface area contributed by atoms with E-state index in [1.807, 2.05) is 0 Å². The van der Waals surface area contributed by atoms with Crippen molar-refractivity contribution in [2.24, 2.45) is 0 Å². The van der Waals surface area contributed by atoms with Gasteiger partial charge in [0.05, 0.1) is 28.0 Å². The van der Waals surface area contributed by atoms with Gasteiger partial charge in [-0.3, -0.25) is 4.79 Å². The van der Waals surface area contributed by atoms with Gasteiger partial charge in [0.1, 0.15) is 29.4 Å². The molecule has 7 rings (SSSR count). The maximum Gasteiger partial charge on any atom is 0.355 e. The van der Waals surface area contributed by atoms with Gasteiger partial charge in [0.25, 0.3) is 5.91 Å². The number of fused-ring (bicyclic) bond motifs is 1. The predicted molar refractivity (Wildman–Crippen MR) is 155 cm³/mol. The van der Waals surface area contributed by atoms with Gasteiger partial charge in [-0.1, -0.05) is 12.6 Å². The van der Waals surface area contributed by atoms with Gasteiger partial charge >= 0.3 is 5.69 Å². The molecular weight excluding hydrogens is 575 g/mol. The number of nitrogens with zero attached hydrogens (tertiary/aromatic N) is 7. The Morgan fingerprint density at radius 2 is 1.70 bits per heavy atom. The van der Waals surface area contributed by atoms with Crippen LogP contribution in [0.5, 0.6) is 5.75 Å². The molecule has 1 aromatic carbocycles. The molecule has 1 amide bonds. The van der Waals surface area contributed by atoms with Gasteiger partial charge in [-0.25, -0.2) is 37.5 Å². The molecule has 1 atom stereocenters. The minimum absolute atomic E-state index is 0.000458. The molecule has 0 spiro atoms. The highest BCUT2D eigenvalue weighted by atomic mass is 19.1. The lowest BCUT2D eigenvalue weighted by Crippen LogP contribution is -2.54. The maximum absolute atomic E-state index is 15.9. The molecule has 4 aromatic rings. The normalized spacial score (nSPS) is 18.6. The zero-order valence-electron chi connectivity index (χ0n) is 23.8. The largest absolute Gasteiger partial charge is 0.507 e. The fraction of sp³-hybridized carbons (Fsp3) is 0.355. The van der Waals surface area contributed by atoms with Crippen molar-refractivity contribution in [1.82, 2.24) is 29.4 Å². The third-order valence-corrected chi connectivity index (χ3v) is 8.48. The van der Waals surface area contributed by atoms with Gasteiger partial charge in [-0.15, -0.1) is 0 Å². The summed E-state index contributed by atoms with van der Waals surface area (Å²) in [6.07, 6.45) is 5.02. The second-order valence-electron chi connectivity index (χ2n) is 11.6. The van der Waals surface area contributed by atoms with Gasteiger partial charge in [0.2, 0.25) is 0 Å². The highest BCUT2D eigenvalue weighted by Crippen LogP contribution is 2.47. The first-order valence-corrected chi connectivity index (χ1v) is 14.5. The molecule has 3 fully saturated rings. The quantitative estimate of drug-likeness (QED) is 0.321. The molecule has 44 heavy (non-hydrogen) atoms. The summed E-state index contributed by atoms with van der Waals surface area (Å²) < 4.78 is 45.8. The zero-order chi connectivity index (χ0) is 30.9. The third-order valence-electron chi connectivity index (χ3n) is 8.48. The van der Waals surface area contributed by atoms with Crippen molar-refractivity contribution >= 4 is 22.8 Å². The topological polar surface area (TPSA) is 117 Å². The van der Waals surface area contributed by atoms with Crippen LogP contribution in [-0.2, 0) is 4.79 Å². The van der Waals surface area contributed by atoms with Gasteiger partial charge in [-0.05, 0) is 50.8 Å². The number of pyridine rings is 1. The maximum atomic E-state index is 15.9. The van der Waals surface area contributed by atoms with Crippen LogP contribution in [0.3, 0.4) is 0 Å². The second kappa shape index (κ2) is 10.4. The predicted octanol–water partition coefficient (Wildman–Crippen LogP) is 4.50. The van der Waals surface area contributed by atoms with Gasteiger partial charge in [0.15, 0.2) is 17.3 Å². The van der Waals surface area contributed by atoms with Crippen LogP contribution in [0.25, 0.3) is 28.0 Å². The SMILES string of the molecule is C=C(F)C(=O)N1CCN(c2nc(=O)n(-c3c(C4CC4)ncnc3C3CC3)c3nc(-c4c(O)cccc4F)c(F)cc23)[C@@H](C)C1. The number of benzene rings is 1. The number of carbonyl (C=O) groups excluding carboxylic acids is 1. The monoisotopic (exact) mass is 603 g/mol. The molecule has 13 heteroatoms. The highest BCUT2D eigenvalue weighted by molar-refractivity contribution is 5.92. The van der Waals surface area contributed by atoms with Crippen molar-refractivity contribution in [3.8, 4) is 22.7 Å². The van der Waals surface area contributed by atoms with Crippen LogP contribution < -0.4 is 10.6 Å². The minimum atomic E-state index is -1.07. The molecule has 3 aliphatic rings. The lowest BCUT2D eigenvalue weighted by molar-refractivity contribution is -0.129. The number of phenolic OH excluding ortho intramolecular Hbond substituents is 1. The van der Waals surface area contributed by atoms with Crippen molar-refractivity contribution < 1.29 is 23.1 Å². The molecule has 2 saturated carbocycles. The Morgan fingerprint density at radius 3 is 2.30 bits per heavy atom. The Kier molecular flexibility index (Phi) is 6.63. The third kappa shape index (κ3) is 4.66. The molecule has 3 aromatic heterocycles. The molecule has 1 N–H and O–H groups in total. The molecule has 1 saturated heterocycles. The fourth-order valence-electron chi connectivity index (χ4n) is 6.02. The van der Waals surface area contributed by atoms with Crippen molar-refractivity contribution in [1.29, 1.82) is 0 Å². The lowest BCUT2D eigenvalue weighted by atomic mass is 10.1. The number of hydrogen-bond acceptors (Lipinski definition) is 8. The van der Waals surface area contributed by atoms with Gasteiger partial charge < -0.3 is 14.9 Å². The van der Waals surface area contributed by atoms with E-state index in [0.717, 1.165) is 37.8 Å². The Hall–Kier alpha value is -4.81. The molecular formula is C31H28F3N7O3. The smallest absolute Gasteiger partial charge is 0.355 e. The zero-order valence-corrected chi connectivity index (χ0v) is 23.8. The van der Waals surface area contributed by atoms with E-state index in [1.165, 1.54) is 27.9 Å². The van der Waals surface area contributed by atoms with Crippen molar-refractivity contribution in [3.63, 3.8) is 0 Å². The van der Waals surface area contributed by atoms with Crippen LogP contribution in [-0.4, -0.2) is 66.1 Å². The molecule has 0 radical (unpaired) electrons. The van der Waals surface area contributed by atoms with Crippen LogP contribution in [0.2, 0.25) is 0 Å². The molecule has 1 aliphatic heterocycles. The van der Waals surface area contributed by atoms with Crippen LogP contribution >= 0.6 is 0 Å². The summed E-state index contributed by atoms with van der Waals surface area (Å²) in [7, 11) is 0. The van der Waals surface area contributed by atoms with E-state index < -0.39 is 52.1 Å². The van der Waals surface area contributed by atoms with E-state index >= 15 is 8.78 Å². The number of carbonyl (C=O) groups is 1. The minimum Gasteiger partial charge on any atom is -0.507 e. The molecule has 226 valence electrons. The second-order valence-corrected chi connectivity index (χ2v) is 11.6. The van der Waals surface area contributed by atoms with E-state index in [9.17, 15) is 19.1 Å². The molecule has 0 bridgehead atoms. The van der Waals surface area contributed by atoms with Gasteiger partial charge in [0, 0.05) is 37.5 Å². The summed E-state index contributed by atoms with van der Waals surface area (Å²) >= 11 is 0. The van der Waals surface area contributed by atoms with E-state index in [-0.39, 0.29) is 48.3 Å². The van der Waals surface area contributed by atoms with Crippen molar-refractivity contribution in [2.45, 2.75) is 50.5 Å². The number of phenols is 1. The number of hydrogen-bond donors (Lipinski definition) is 1. The summed E-state index contributed by atoms with van der Waals surface area (Å²) in [5, 5.41) is 10.7. The Labute approximate surface area is 249 Å². The number of aromatic hydroxyl groups is 1. The lowest BCUT2D eigenvalue weighted by Gasteiger charge is -2.40. The summed E-state index contributed by atoms with van der Waals surface area (Å²) in [5.74, 6) is -3.89. The number of piperazine rings is 1. The van der Waals surface area contributed by atoms with Crippen molar-refractivity contribution in [2.75, 3.05) is 24.5 Å². The first-order valence-electron chi connectivity index (χ1n) is 14.5. The summed E-state index contributed by atoms with van der Waals surface area (Å²) in [5.41, 5.74) is 0.185. The van der Waals surface area contributed by atoms with Crippen LogP contribution in [0.1, 0.15) is 55.8 Å². The van der Waals surface area contributed by atoms with Crippen LogP contribution in [0, 0.1) is 11.6 Å². The fourth-order valence-corrected chi connectivity index (χ4v) is 6.02. The average Bonchev–Trinajstić information content (AvgIpc) is 3.91. The summed E-state index contributed by atoms with van der Waals surface area (Å²) in [4.78, 5) is 47.5. The first kappa shape index (κ1) is 28.0. The molecule has 0 unspecified atom stereocenters. The molecule has 2 aliphatic carbocycles. The van der Waals surface area contributed by atoms with E-state index in [0.29, 0.717) is 17.1 Å². The number of anilines is 1. The molecule has 4 heterocycles.